The highest BCUT2D eigenvalue weighted by Gasteiger charge is 2.24. The highest BCUT2D eigenvalue weighted by molar-refractivity contribution is 6.31. The smallest absolute Gasteiger partial charge is 0.272 e. The van der Waals surface area contributed by atoms with Crippen LogP contribution in [0.2, 0.25) is 5.02 Å². The molecule has 3 rings (SSSR count). The van der Waals surface area contributed by atoms with Crippen molar-refractivity contribution in [2.45, 2.75) is 18.9 Å². The summed E-state index contributed by atoms with van der Waals surface area (Å²) in [6, 6.07) is 9.62. The molecule has 4 nitrogen and oxygen atoms in total. The van der Waals surface area contributed by atoms with Gasteiger partial charge in [-0.1, -0.05) is 23.7 Å². The molecule has 1 aliphatic rings. The average molecular weight is 377 g/mol. The second kappa shape index (κ2) is 8.69. The van der Waals surface area contributed by atoms with E-state index in [0.29, 0.717) is 16.8 Å². The van der Waals surface area contributed by atoms with E-state index in [-0.39, 0.29) is 30.7 Å². The van der Waals surface area contributed by atoms with Gasteiger partial charge in [-0.2, -0.15) is 0 Å². The molecule has 1 amide bonds. The SMILES string of the molecule is CNC1CCCN(C(=O)c2ccc3ccc(Cl)cc3n2)C1.Cl.Cl. The summed E-state index contributed by atoms with van der Waals surface area (Å²) in [4.78, 5) is 18.9. The van der Waals surface area contributed by atoms with Crippen LogP contribution in [0.15, 0.2) is 30.3 Å². The zero-order valence-corrected chi connectivity index (χ0v) is 15.2. The lowest BCUT2D eigenvalue weighted by molar-refractivity contribution is 0.0692. The number of carbonyl (C=O) groups is 1. The molecule has 0 spiro atoms. The fourth-order valence-electron chi connectivity index (χ4n) is 2.77. The zero-order chi connectivity index (χ0) is 14.8. The number of amides is 1. The highest BCUT2D eigenvalue weighted by atomic mass is 35.5. The fourth-order valence-corrected chi connectivity index (χ4v) is 2.94. The topological polar surface area (TPSA) is 45.2 Å². The van der Waals surface area contributed by atoms with Gasteiger partial charge in [0.1, 0.15) is 5.69 Å². The predicted octanol–water partition coefficient (Wildman–Crippen LogP) is 3.56. The van der Waals surface area contributed by atoms with Crippen LogP contribution in [-0.4, -0.2) is 42.0 Å². The third-order valence-electron chi connectivity index (χ3n) is 3.99. The first kappa shape index (κ1) is 20.0. The molecule has 1 aromatic heterocycles. The minimum Gasteiger partial charge on any atom is -0.336 e. The van der Waals surface area contributed by atoms with Gasteiger partial charge >= 0.3 is 0 Å². The first-order valence-electron chi connectivity index (χ1n) is 7.20. The predicted molar refractivity (Wildman–Crippen MR) is 99.2 cm³/mol. The number of carbonyl (C=O) groups excluding carboxylic acids is 1. The Kier molecular flexibility index (Phi) is 7.55. The molecule has 1 aliphatic heterocycles. The lowest BCUT2D eigenvalue weighted by atomic mass is 10.1. The summed E-state index contributed by atoms with van der Waals surface area (Å²) in [6.07, 6.45) is 2.14. The van der Waals surface area contributed by atoms with E-state index in [4.69, 9.17) is 11.6 Å². The molecule has 2 aromatic rings. The molecule has 1 unspecified atom stereocenters. The maximum Gasteiger partial charge on any atom is 0.272 e. The Morgan fingerprint density at radius 2 is 2.04 bits per heavy atom. The van der Waals surface area contributed by atoms with Crippen LogP contribution in [0.25, 0.3) is 10.9 Å². The van der Waals surface area contributed by atoms with Crippen LogP contribution in [-0.2, 0) is 0 Å². The van der Waals surface area contributed by atoms with Crippen LogP contribution in [0.1, 0.15) is 23.3 Å². The second-order valence-corrected chi connectivity index (χ2v) is 5.85. The molecule has 1 fully saturated rings. The van der Waals surface area contributed by atoms with E-state index < -0.39 is 0 Å². The Morgan fingerprint density at radius 1 is 1.30 bits per heavy atom. The molecular formula is C16H20Cl3N3O. The van der Waals surface area contributed by atoms with Gasteiger partial charge in [-0.25, -0.2) is 4.98 Å². The molecule has 1 aromatic carbocycles. The number of benzene rings is 1. The van der Waals surface area contributed by atoms with Crippen molar-refractivity contribution in [3.8, 4) is 0 Å². The molecule has 1 saturated heterocycles. The first-order valence-corrected chi connectivity index (χ1v) is 7.58. The van der Waals surface area contributed by atoms with E-state index in [1.54, 1.807) is 12.1 Å². The molecule has 1 N–H and O–H groups in total. The Labute approximate surface area is 153 Å². The van der Waals surface area contributed by atoms with Crippen molar-refractivity contribution in [1.29, 1.82) is 0 Å². The van der Waals surface area contributed by atoms with Crippen LogP contribution >= 0.6 is 36.4 Å². The Bertz CT molecular complexity index is 681. The van der Waals surface area contributed by atoms with Crippen molar-refractivity contribution >= 4 is 53.2 Å². The number of fused-ring (bicyclic) bond motifs is 1. The standard InChI is InChI=1S/C16H18ClN3O.2ClH/c1-18-13-3-2-8-20(10-13)16(21)14-7-5-11-4-6-12(17)9-15(11)19-14;;/h4-7,9,13,18H,2-3,8,10H2,1H3;2*1H. The summed E-state index contributed by atoms with van der Waals surface area (Å²) >= 11 is 5.99. The number of aromatic nitrogens is 1. The van der Waals surface area contributed by atoms with Gasteiger partial charge < -0.3 is 10.2 Å². The fraction of sp³-hybridized carbons (Fsp3) is 0.375. The number of likely N-dealkylation sites (N-methyl/N-ethyl adjacent to an activating group) is 1. The second-order valence-electron chi connectivity index (χ2n) is 5.41. The van der Waals surface area contributed by atoms with E-state index in [9.17, 15) is 4.79 Å². The maximum atomic E-state index is 12.6. The van der Waals surface area contributed by atoms with Crippen molar-refractivity contribution in [2.75, 3.05) is 20.1 Å². The highest BCUT2D eigenvalue weighted by Crippen LogP contribution is 2.19. The summed E-state index contributed by atoms with van der Waals surface area (Å²) in [7, 11) is 1.94. The Hall–Kier alpha value is -1.07. The van der Waals surface area contributed by atoms with Gasteiger partial charge in [0.15, 0.2) is 0 Å². The summed E-state index contributed by atoms with van der Waals surface area (Å²) in [5.41, 5.74) is 1.25. The maximum absolute atomic E-state index is 12.6. The number of piperidine rings is 1. The Morgan fingerprint density at radius 3 is 2.78 bits per heavy atom. The van der Waals surface area contributed by atoms with Crippen molar-refractivity contribution in [2.24, 2.45) is 0 Å². The number of halogens is 3. The lowest BCUT2D eigenvalue weighted by Crippen LogP contribution is -2.47. The molecule has 23 heavy (non-hydrogen) atoms. The molecule has 1 atom stereocenters. The molecule has 0 saturated carbocycles. The molecule has 0 radical (unpaired) electrons. The van der Waals surface area contributed by atoms with E-state index in [1.807, 2.05) is 30.1 Å². The third-order valence-corrected chi connectivity index (χ3v) is 4.23. The zero-order valence-electron chi connectivity index (χ0n) is 12.8. The number of nitrogens with one attached hydrogen (secondary N) is 1. The van der Waals surface area contributed by atoms with Gasteiger partial charge in [-0.3, -0.25) is 4.79 Å². The third kappa shape index (κ3) is 4.48. The normalized spacial score (nSPS) is 17.3. The van der Waals surface area contributed by atoms with Crippen molar-refractivity contribution in [3.63, 3.8) is 0 Å². The molecule has 2 heterocycles. The minimum absolute atomic E-state index is 0. The van der Waals surface area contributed by atoms with Crippen molar-refractivity contribution < 1.29 is 4.79 Å². The van der Waals surface area contributed by atoms with Crippen LogP contribution in [0.5, 0.6) is 0 Å². The monoisotopic (exact) mass is 375 g/mol. The molecular weight excluding hydrogens is 357 g/mol. The van der Waals surface area contributed by atoms with Crippen LogP contribution in [0, 0.1) is 0 Å². The van der Waals surface area contributed by atoms with Gasteiger partial charge in [0, 0.05) is 29.5 Å². The van der Waals surface area contributed by atoms with E-state index >= 15 is 0 Å². The average Bonchev–Trinajstić information content (AvgIpc) is 2.53. The largest absolute Gasteiger partial charge is 0.336 e. The number of hydrogen-bond acceptors (Lipinski definition) is 3. The number of rotatable bonds is 2. The van der Waals surface area contributed by atoms with Gasteiger partial charge in [0.25, 0.3) is 5.91 Å². The molecule has 0 aliphatic carbocycles. The van der Waals surface area contributed by atoms with Gasteiger partial charge in [0.2, 0.25) is 0 Å². The Balaban J connectivity index is 0.00000132. The summed E-state index contributed by atoms with van der Waals surface area (Å²) in [5, 5.41) is 4.87. The molecule has 0 bridgehead atoms. The number of pyridine rings is 1. The summed E-state index contributed by atoms with van der Waals surface area (Å²) in [6.45, 7) is 1.54. The van der Waals surface area contributed by atoms with E-state index in [1.165, 1.54) is 0 Å². The van der Waals surface area contributed by atoms with Gasteiger partial charge in [-0.15, -0.1) is 24.8 Å². The first-order chi connectivity index (χ1) is 10.2. The van der Waals surface area contributed by atoms with E-state index in [2.05, 4.69) is 10.3 Å². The van der Waals surface area contributed by atoms with Crippen LogP contribution < -0.4 is 5.32 Å². The van der Waals surface area contributed by atoms with Crippen LogP contribution in [0.4, 0.5) is 0 Å². The minimum atomic E-state index is -0.00294. The molecule has 126 valence electrons. The quantitative estimate of drug-likeness (QED) is 0.871. The van der Waals surface area contributed by atoms with Gasteiger partial charge in [0.05, 0.1) is 5.52 Å². The lowest BCUT2D eigenvalue weighted by Gasteiger charge is -2.32. The summed E-state index contributed by atoms with van der Waals surface area (Å²) in [5.74, 6) is -0.00294. The number of likely N-dealkylation sites (tertiary alicyclic amines) is 1. The number of nitrogens with zero attached hydrogens (tertiary/aromatic N) is 2. The van der Waals surface area contributed by atoms with Crippen LogP contribution in [0.3, 0.4) is 0 Å². The van der Waals surface area contributed by atoms with Gasteiger partial charge in [-0.05, 0) is 38.1 Å². The van der Waals surface area contributed by atoms with Crippen molar-refractivity contribution in [3.05, 3.63) is 41.0 Å². The van der Waals surface area contributed by atoms with E-state index in [0.717, 1.165) is 36.8 Å². The molecule has 7 heteroatoms. The summed E-state index contributed by atoms with van der Waals surface area (Å²) < 4.78 is 0. The number of hydrogen-bond donors (Lipinski definition) is 1. The van der Waals surface area contributed by atoms with Crippen molar-refractivity contribution in [1.82, 2.24) is 15.2 Å².